The highest BCUT2D eigenvalue weighted by atomic mass is 35.5. The van der Waals surface area contributed by atoms with E-state index < -0.39 is 0 Å². The molecule has 1 aromatic carbocycles. The molecule has 0 aliphatic heterocycles. The highest BCUT2D eigenvalue weighted by molar-refractivity contribution is 7.13. The molecular weight excluding hydrogens is 309 g/mol. The molecule has 2 rings (SSSR count). The summed E-state index contributed by atoms with van der Waals surface area (Å²) in [5, 5.41) is 2.77. The van der Waals surface area contributed by atoms with Crippen molar-refractivity contribution in [2.45, 2.75) is 39.4 Å². The molecule has 0 saturated carbocycles. The highest BCUT2D eigenvalue weighted by Crippen LogP contribution is 2.26. The van der Waals surface area contributed by atoms with Gasteiger partial charge in [0, 0.05) is 16.5 Å². The van der Waals surface area contributed by atoms with Gasteiger partial charge < -0.3 is 4.74 Å². The third kappa shape index (κ3) is 4.25. The van der Waals surface area contributed by atoms with Crippen LogP contribution in [0.2, 0.25) is 0 Å². The summed E-state index contributed by atoms with van der Waals surface area (Å²) < 4.78 is 19.6. The highest BCUT2D eigenvalue weighted by Gasteiger charge is 2.12. The number of thiazole rings is 1. The summed E-state index contributed by atoms with van der Waals surface area (Å²) >= 11 is 7.27. The molecule has 0 N–H and O–H groups in total. The first-order chi connectivity index (χ1) is 10.0. The lowest BCUT2D eigenvalue weighted by Gasteiger charge is -2.17. The van der Waals surface area contributed by atoms with Gasteiger partial charge in [0.25, 0.3) is 0 Å². The van der Waals surface area contributed by atoms with Crippen molar-refractivity contribution < 1.29 is 9.13 Å². The molecule has 0 amide bonds. The van der Waals surface area contributed by atoms with Gasteiger partial charge in [-0.05, 0) is 31.0 Å². The number of alkyl halides is 1. The maximum atomic E-state index is 13.9. The minimum atomic E-state index is -0.246. The fourth-order valence-corrected chi connectivity index (χ4v) is 2.78. The minimum Gasteiger partial charge on any atom is -0.373 e. The molecule has 1 heterocycles. The fraction of sp³-hybridized carbons (Fsp3) is 0.438. The van der Waals surface area contributed by atoms with Crippen LogP contribution in [0.5, 0.6) is 0 Å². The van der Waals surface area contributed by atoms with E-state index in [-0.39, 0.29) is 18.5 Å². The topological polar surface area (TPSA) is 22.1 Å². The Morgan fingerprint density at radius 3 is 2.71 bits per heavy atom. The molecule has 114 valence electrons. The number of ether oxygens (including phenoxy) is 1. The Balaban J connectivity index is 2.17. The van der Waals surface area contributed by atoms with Crippen LogP contribution in [0, 0.1) is 11.7 Å². The molecule has 2 nitrogen and oxygen atoms in total. The van der Waals surface area contributed by atoms with Crippen LogP contribution in [0.3, 0.4) is 0 Å². The number of hydrogen-bond donors (Lipinski definition) is 0. The molecule has 5 heteroatoms. The Hall–Kier alpha value is -0.970. The van der Waals surface area contributed by atoms with Gasteiger partial charge in [0.1, 0.15) is 10.8 Å². The van der Waals surface area contributed by atoms with E-state index in [1.807, 2.05) is 12.3 Å². The summed E-state index contributed by atoms with van der Waals surface area (Å²) in [7, 11) is 0. The largest absolute Gasteiger partial charge is 0.373 e. The summed E-state index contributed by atoms with van der Waals surface area (Å²) in [6.45, 7) is 6.44. The first-order valence-corrected chi connectivity index (χ1v) is 8.33. The summed E-state index contributed by atoms with van der Waals surface area (Å²) in [5.74, 6) is 0.546. The zero-order chi connectivity index (χ0) is 15.4. The molecule has 0 spiro atoms. The fourth-order valence-electron chi connectivity index (χ4n) is 1.73. The molecule has 0 bridgehead atoms. The second-order valence-electron chi connectivity index (χ2n) is 5.34. The number of benzene rings is 1. The average molecular weight is 328 g/mol. The Kier molecular flexibility index (Phi) is 5.73. The van der Waals surface area contributed by atoms with Crippen molar-refractivity contribution in [2.75, 3.05) is 0 Å². The van der Waals surface area contributed by atoms with Crippen LogP contribution in [0.4, 0.5) is 4.39 Å². The molecule has 0 saturated heterocycles. The minimum absolute atomic E-state index is 0.0933. The molecular formula is C16H19ClFNOS. The Labute approximate surface area is 133 Å². The first kappa shape index (κ1) is 16.4. The van der Waals surface area contributed by atoms with Crippen molar-refractivity contribution >= 4 is 22.9 Å². The van der Waals surface area contributed by atoms with Crippen LogP contribution in [0.1, 0.15) is 32.0 Å². The number of nitrogens with zero attached hydrogens (tertiary/aromatic N) is 1. The maximum absolute atomic E-state index is 13.9. The predicted octanol–water partition coefficient (Wildman–Crippen LogP) is 5.25. The SMILES string of the molecule is CC(C)C(C)OCc1cc(-c2nc(CCl)cs2)ccc1F. The summed E-state index contributed by atoms with van der Waals surface area (Å²) in [6.07, 6.45) is 0.0933. The van der Waals surface area contributed by atoms with Crippen LogP contribution >= 0.6 is 22.9 Å². The Morgan fingerprint density at radius 2 is 2.10 bits per heavy atom. The zero-order valence-corrected chi connectivity index (χ0v) is 14.0. The molecule has 0 aliphatic carbocycles. The van der Waals surface area contributed by atoms with Crippen LogP contribution in [0.15, 0.2) is 23.6 Å². The van der Waals surface area contributed by atoms with E-state index in [2.05, 4.69) is 18.8 Å². The lowest BCUT2D eigenvalue weighted by molar-refractivity contribution is 0.0222. The van der Waals surface area contributed by atoms with Gasteiger partial charge in [0.15, 0.2) is 0 Å². The Morgan fingerprint density at radius 1 is 1.33 bits per heavy atom. The first-order valence-electron chi connectivity index (χ1n) is 6.92. The molecule has 0 fully saturated rings. The standard InChI is InChI=1S/C16H19ClFNOS/c1-10(2)11(3)20-8-13-6-12(4-5-15(13)18)16-19-14(7-17)9-21-16/h4-6,9-11H,7-8H2,1-3H3. The van der Waals surface area contributed by atoms with Crippen molar-refractivity contribution in [1.82, 2.24) is 4.98 Å². The van der Waals surface area contributed by atoms with Crippen LogP contribution in [-0.4, -0.2) is 11.1 Å². The van der Waals surface area contributed by atoms with Crippen molar-refractivity contribution in [3.8, 4) is 10.6 Å². The third-order valence-corrected chi connectivity index (χ3v) is 4.64. The molecule has 21 heavy (non-hydrogen) atoms. The van der Waals surface area contributed by atoms with E-state index in [9.17, 15) is 4.39 Å². The van der Waals surface area contributed by atoms with Gasteiger partial charge in [-0.1, -0.05) is 13.8 Å². The van der Waals surface area contributed by atoms with E-state index in [0.29, 0.717) is 17.4 Å². The lowest BCUT2D eigenvalue weighted by Crippen LogP contribution is -2.15. The van der Waals surface area contributed by atoms with Crippen molar-refractivity contribution in [1.29, 1.82) is 0 Å². The number of hydrogen-bond acceptors (Lipinski definition) is 3. The van der Waals surface area contributed by atoms with Gasteiger partial charge in [-0.15, -0.1) is 22.9 Å². The molecule has 2 aromatic rings. The average Bonchev–Trinajstić information content (AvgIpc) is 2.94. The summed E-state index contributed by atoms with van der Waals surface area (Å²) in [5.41, 5.74) is 2.29. The van der Waals surface area contributed by atoms with Crippen molar-refractivity contribution in [3.63, 3.8) is 0 Å². The van der Waals surface area contributed by atoms with Gasteiger partial charge in [-0.3, -0.25) is 0 Å². The smallest absolute Gasteiger partial charge is 0.128 e. The number of halogens is 2. The van der Waals surface area contributed by atoms with Gasteiger partial charge in [0.2, 0.25) is 0 Å². The van der Waals surface area contributed by atoms with E-state index in [4.69, 9.17) is 16.3 Å². The van der Waals surface area contributed by atoms with E-state index in [1.165, 1.54) is 17.4 Å². The zero-order valence-electron chi connectivity index (χ0n) is 12.4. The van der Waals surface area contributed by atoms with Gasteiger partial charge >= 0.3 is 0 Å². The van der Waals surface area contributed by atoms with Crippen molar-refractivity contribution in [2.24, 2.45) is 5.92 Å². The van der Waals surface area contributed by atoms with Gasteiger partial charge in [-0.25, -0.2) is 9.37 Å². The van der Waals surface area contributed by atoms with Gasteiger partial charge in [-0.2, -0.15) is 0 Å². The normalized spacial score (nSPS) is 12.9. The summed E-state index contributed by atoms with van der Waals surface area (Å²) in [4.78, 5) is 4.42. The number of aromatic nitrogens is 1. The second kappa shape index (κ2) is 7.34. The van der Waals surface area contributed by atoms with E-state index in [1.54, 1.807) is 12.1 Å². The van der Waals surface area contributed by atoms with Crippen LogP contribution in [-0.2, 0) is 17.2 Å². The second-order valence-corrected chi connectivity index (χ2v) is 6.47. The molecule has 0 aliphatic rings. The van der Waals surface area contributed by atoms with Crippen LogP contribution in [0.25, 0.3) is 10.6 Å². The maximum Gasteiger partial charge on any atom is 0.128 e. The molecule has 0 radical (unpaired) electrons. The van der Waals surface area contributed by atoms with E-state index in [0.717, 1.165) is 16.3 Å². The third-order valence-electron chi connectivity index (χ3n) is 3.42. The molecule has 1 aromatic heterocycles. The lowest BCUT2D eigenvalue weighted by atomic mass is 10.1. The Bertz CT molecular complexity index is 600. The predicted molar refractivity (Wildman–Crippen MR) is 86.2 cm³/mol. The monoisotopic (exact) mass is 327 g/mol. The molecule has 1 unspecified atom stereocenters. The number of rotatable bonds is 6. The van der Waals surface area contributed by atoms with Gasteiger partial charge in [0.05, 0.1) is 24.3 Å². The van der Waals surface area contributed by atoms with Crippen LogP contribution < -0.4 is 0 Å². The summed E-state index contributed by atoms with van der Waals surface area (Å²) in [6, 6.07) is 5.01. The quantitative estimate of drug-likeness (QED) is 0.676. The van der Waals surface area contributed by atoms with E-state index >= 15 is 0 Å². The van der Waals surface area contributed by atoms with Crippen molar-refractivity contribution in [3.05, 3.63) is 40.7 Å². The molecule has 1 atom stereocenters.